The summed E-state index contributed by atoms with van der Waals surface area (Å²) in [6.45, 7) is 5.47. The summed E-state index contributed by atoms with van der Waals surface area (Å²) in [5.41, 5.74) is 0.408. The number of benzene rings is 1. The van der Waals surface area contributed by atoms with Crippen molar-refractivity contribution >= 4 is 6.09 Å². The molecule has 0 fully saturated rings. The van der Waals surface area contributed by atoms with Crippen LogP contribution in [0.1, 0.15) is 38.2 Å². The van der Waals surface area contributed by atoms with Gasteiger partial charge in [0.05, 0.1) is 6.04 Å². The largest absolute Gasteiger partial charge is 0.444 e. The molecule has 7 nitrogen and oxygen atoms in total. The Morgan fingerprint density at radius 3 is 2.62 bits per heavy atom. The van der Waals surface area contributed by atoms with Crippen molar-refractivity contribution in [3.63, 3.8) is 0 Å². The normalized spacial score (nSPS) is 12.7. The summed E-state index contributed by atoms with van der Waals surface area (Å²) in [6.07, 6.45) is -0.0420. The summed E-state index contributed by atoms with van der Waals surface area (Å²) in [7, 11) is 0. The number of rotatable bonds is 4. The lowest BCUT2D eigenvalue weighted by atomic mass is 10.0. The van der Waals surface area contributed by atoms with Crippen LogP contribution in [0.5, 0.6) is 0 Å². The van der Waals surface area contributed by atoms with Gasteiger partial charge in [0.15, 0.2) is 5.82 Å². The number of ether oxygens (including phenoxy) is 1. The van der Waals surface area contributed by atoms with Crippen molar-refractivity contribution in [3.05, 3.63) is 41.7 Å². The van der Waals surface area contributed by atoms with E-state index in [0.717, 1.165) is 5.56 Å². The Bertz CT molecular complexity index is 563. The number of carbonyl (C=O) groups excluding carboxylic acids is 1. The highest BCUT2D eigenvalue weighted by atomic mass is 16.6. The number of aromatic nitrogens is 4. The molecule has 1 amide bonds. The fourth-order valence-electron chi connectivity index (χ4n) is 1.84. The summed E-state index contributed by atoms with van der Waals surface area (Å²) in [4.78, 5) is 12.0. The van der Waals surface area contributed by atoms with Crippen molar-refractivity contribution in [1.29, 1.82) is 0 Å². The van der Waals surface area contributed by atoms with E-state index in [0.29, 0.717) is 12.2 Å². The van der Waals surface area contributed by atoms with Crippen molar-refractivity contribution in [2.75, 3.05) is 0 Å². The van der Waals surface area contributed by atoms with Crippen LogP contribution in [0.4, 0.5) is 4.79 Å². The van der Waals surface area contributed by atoms with E-state index in [-0.39, 0.29) is 6.04 Å². The minimum atomic E-state index is -0.544. The Labute approximate surface area is 123 Å². The fourth-order valence-corrected chi connectivity index (χ4v) is 1.84. The second-order valence-corrected chi connectivity index (χ2v) is 5.64. The summed E-state index contributed by atoms with van der Waals surface area (Å²) >= 11 is 0. The Morgan fingerprint density at radius 2 is 2.05 bits per heavy atom. The van der Waals surface area contributed by atoms with Gasteiger partial charge in [-0.05, 0) is 26.3 Å². The van der Waals surface area contributed by atoms with Crippen molar-refractivity contribution in [3.8, 4) is 0 Å². The molecule has 0 radical (unpaired) electrons. The molecule has 0 spiro atoms. The van der Waals surface area contributed by atoms with Crippen molar-refractivity contribution in [1.82, 2.24) is 25.9 Å². The minimum absolute atomic E-state index is 0.279. The second kappa shape index (κ2) is 6.34. The molecule has 1 atom stereocenters. The van der Waals surface area contributed by atoms with Crippen molar-refractivity contribution in [2.45, 2.75) is 38.8 Å². The molecule has 0 saturated heterocycles. The summed E-state index contributed by atoms with van der Waals surface area (Å²) in [5.74, 6) is 0.528. The SMILES string of the molecule is CC(C)(C)OC(=O)NC(Cc1nn[nH]n1)c1ccccc1. The summed E-state index contributed by atoms with van der Waals surface area (Å²) in [6, 6.07) is 9.33. The highest BCUT2D eigenvalue weighted by Gasteiger charge is 2.21. The molecule has 0 bridgehead atoms. The Balaban J connectivity index is 2.11. The number of aromatic amines is 1. The molecule has 1 aromatic heterocycles. The minimum Gasteiger partial charge on any atom is -0.444 e. The number of alkyl carbamates (subject to hydrolysis) is 1. The summed E-state index contributed by atoms with van der Waals surface area (Å²) < 4.78 is 5.29. The first-order valence-electron chi connectivity index (χ1n) is 6.71. The average molecular weight is 289 g/mol. The molecular formula is C14H19N5O2. The fraction of sp³-hybridized carbons (Fsp3) is 0.429. The van der Waals surface area contributed by atoms with Crippen LogP contribution in [0.2, 0.25) is 0 Å². The Kier molecular flexibility index (Phi) is 4.52. The smallest absolute Gasteiger partial charge is 0.408 e. The van der Waals surface area contributed by atoms with Crippen LogP contribution >= 0.6 is 0 Å². The van der Waals surface area contributed by atoms with Gasteiger partial charge in [0.2, 0.25) is 0 Å². The van der Waals surface area contributed by atoms with Gasteiger partial charge < -0.3 is 10.1 Å². The molecule has 112 valence electrons. The lowest BCUT2D eigenvalue weighted by molar-refractivity contribution is 0.0503. The number of amides is 1. The van der Waals surface area contributed by atoms with Crippen LogP contribution in [0, 0.1) is 0 Å². The van der Waals surface area contributed by atoms with Gasteiger partial charge in [-0.2, -0.15) is 5.21 Å². The van der Waals surface area contributed by atoms with Crippen LogP contribution in [0.15, 0.2) is 30.3 Å². The third-order valence-corrected chi connectivity index (χ3v) is 2.67. The number of hydrogen-bond acceptors (Lipinski definition) is 5. The molecule has 1 heterocycles. The van der Waals surface area contributed by atoms with Crippen LogP contribution in [0.25, 0.3) is 0 Å². The molecule has 0 aliphatic carbocycles. The van der Waals surface area contributed by atoms with Crippen molar-refractivity contribution in [2.24, 2.45) is 0 Å². The standard InChI is InChI=1S/C14H19N5O2/c1-14(2,3)21-13(20)15-11(9-12-16-18-19-17-12)10-7-5-4-6-8-10/h4-8,11H,9H2,1-3H3,(H,15,20)(H,16,17,18,19). The average Bonchev–Trinajstić information content (AvgIpc) is 2.90. The van der Waals surface area contributed by atoms with E-state index in [1.807, 2.05) is 51.1 Å². The topological polar surface area (TPSA) is 92.8 Å². The van der Waals surface area contributed by atoms with Gasteiger partial charge in [-0.15, -0.1) is 10.2 Å². The van der Waals surface area contributed by atoms with E-state index in [2.05, 4.69) is 25.9 Å². The van der Waals surface area contributed by atoms with Gasteiger partial charge >= 0.3 is 6.09 Å². The predicted octanol–water partition coefficient (Wildman–Crippen LogP) is 2.01. The molecule has 0 aliphatic rings. The molecular weight excluding hydrogens is 270 g/mol. The van der Waals surface area contributed by atoms with E-state index in [9.17, 15) is 4.79 Å². The number of carbonyl (C=O) groups is 1. The van der Waals surface area contributed by atoms with Gasteiger partial charge in [0.1, 0.15) is 5.60 Å². The van der Waals surface area contributed by atoms with E-state index in [1.54, 1.807) is 0 Å². The second-order valence-electron chi connectivity index (χ2n) is 5.64. The maximum absolute atomic E-state index is 12.0. The molecule has 0 saturated carbocycles. The monoisotopic (exact) mass is 289 g/mol. The Morgan fingerprint density at radius 1 is 1.33 bits per heavy atom. The quantitative estimate of drug-likeness (QED) is 0.898. The predicted molar refractivity (Wildman–Crippen MR) is 76.4 cm³/mol. The molecule has 21 heavy (non-hydrogen) atoms. The number of nitrogens with one attached hydrogen (secondary N) is 2. The van der Waals surface area contributed by atoms with Crippen LogP contribution in [0.3, 0.4) is 0 Å². The zero-order valence-corrected chi connectivity index (χ0v) is 12.3. The van der Waals surface area contributed by atoms with Crippen molar-refractivity contribution < 1.29 is 9.53 Å². The maximum Gasteiger partial charge on any atom is 0.408 e. The number of tetrazole rings is 1. The van der Waals surface area contributed by atoms with Gasteiger partial charge in [0, 0.05) is 6.42 Å². The summed E-state index contributed by atoms with van der Waals surface area (Å²) in [5, 5.41) is 16.6. The van der Waals surface area contributed by atoms with E-state index >= 15 is 0 Å². The molecule has 1 unspecified atom stereocenters. The lowest BCUT2D eigenvalue weighted by Crippen LogP contribution is -2.35. The molecule has 2 N–H and O–H groups in total. The zero-order valence-electron chi connectivity index (χ0n) is 12.3. The number of hydrogen-bond donors (Lipinski definition) is 2. The van der Waals surface area contributed by atoms with Gasteiger partial charge in [-0.1, -0.05) is 35.5 Å². The van der Waals surface area contributed by atoms with Crippen LogP contribution in [-0.2, 0) is 11.2 Å². The third-order valence-electron chi connectivity index (χ3n) is 2.67. The first-order valence-corrected chi connectivity index (χ1v) is 6.71. The van der Waals surface area contributed by atoms with E-state index in [4.69, 9.17) is 4.74 Å². The first kappa shape index (κ1) is 15.0. The highest BCUT2D eigenvalue weighted by molar-refractivity contribution is 5.68. The molecule has 2 rings (SSSR count). The third kappa shape index (κ3) is 4.87. The molecule has 7 heteroatoms. The maximum atomic E-state index is 12.0. The highest BCUT2D eigenvalue weighted by Crippen LogP contribution is 2.17. The van der Waals surface area contributed by atoms with E-state index in [1.165, 1.54) is 0 Å². The van der Waals surface area contributed by atoms with Gasteiger partial charge in [-0.25, -0.2) is 4.79 Å². The lowest BCUT2D eigenvalue weighted by Gasteiger charge is -2.23. The van der Waals surface area contributed by atoms with Gasteiger partial charge in [-0.3, -0.25) is 0 Å². The number of H-pyrrole nitrogens is 1. The van der Waals surface area contributed by atoms with Gasteiger partial charge in [0.25, 0.3) is 0 Å². The zero-order chi connectivity index (χ0) is 15.3. The Hall–Kier alpha value is -2.44. The molecule has 1 aromatic carbocycles. The van der Waals surface area contributed by atoms with E-state index < -0.39 is 11.7 Å². The molecule has 0 aliphatic heterocycles. The molecule has 2 aromatic rings. The first-order chi connectivity index (χ1) is 9.94. The van der Waals surface area contributed by atoms with Crippen LogP contribution < -0.4 is 5.32 Å². The van der Waals surface area contributed by atoms with Crippen LogP contribution in [-0.4, -0.2) is 32.3 Å². The number of nitrogens with zero attached hydrogens (tertiary/aromatic N) is 3.